The van der Waals surface area contributed by atoms with E-state index in [9.17, 15) is 18.0 Å². The van der Waals surface area contributed by atoms with E-state index in [0.717, 1.165) is 22.4 Å². The summed E-state index contributed by atoms with van der Waals surface area (Å²) in [4.78, 5) is 11.0. The molecule has 2 rings (SSSR count). The van der Waals surface area contributed by atoms with Crippen LogP contribution in [-0.4, -0.2) is 4.57 Å². The minimum Gasteiger partial charge on any atom is -0.339 e. The Labute approximate surface area is 101 Å². The summed E-state index contributed by atoms with van der Waals surface area (Å²) in [6, 6.07) is 10.5. The minimum atomic E-state index is -4.53. The molecule has 1 aromatic heterocycles. The van der Waals surface area contributed by atoms with Crippen LogP contribution in [-0.2, 0) is 12.7 Å². The molecule has 0 unspecified atom stereocenters. The SMILES string of the molecule is O=c1ccn(Cc2ccccc2)c(C(F)(F)F)c1. The van der Waals surface area contributed by atoms with Gasteiger partial charge < -0.3 is 4.57 Å². The van der Waals surface area contributed by atoms with E-state index >= 15 is 0 Å². The first-order chi connectivity index (χ1) is 8.47. The van der Waals surface area contributed by atoms with Gasteiger partial charge in [-0.2, -0.15) is 13.2 Å². The van der Waals surface area contributed by atoms with Gasteiger partial charge in [0.2, 0.25) is 0 Å². The molecule has 2 aromatic rings. The van der Waals surface area contributed by atoms with Crippen molar-refractivity contribution in [3.05, 3.63) is 70.1 Å². The quantitative estimate of drug-likeness (QED) is 0.806. The summed E-state index contributed by atoms with van der Waals surface area (Å²) in [5.74, 6) is 0. The molecule has 0 saturated heterocycles. The van der Waals surface area contributed by atoms with Crippen LogP contribution < -0.4 is 5.43 Å². The molecule has 0 aliphatic rings. The maximum absolute atomic E-state index is 12.8. The van der Waals surface area contributed by atoms with Gasteiger partial charge in [-0.3, -0.25) is 4.79 Å². The van der Waals surface area contributed by atoms with E-state index in [-0.39, 0.29) is 6.54 Å². The van der Waals surface area contributed by atoms with Crippen molar-refractivity contribution in [3.63, 3.8) is 0 Å². The van der Waals surface area contributed by atoms with E-state index in [4.69, 9.17) is 0 Å². The first kappa shape index (κ1) is 12.4. The monoisotopic (exact) mass is 253 g/mol. The molecule has 0 N–H and O–H groups in total. The number of nitrogens with zero attached hydrogens (tertiary/aromatic N) is 1. The summed E-state index contributed by atoms with van der Waals surface area (Å²) in [6.45, 7) is 0.0793. The maximum atomic E-state index is 12.8. The summed E-state index contributed by atoms with van der Waals surface area (Å²) in [5.41, 5.74) is -0.836. The lowest BCUT2D eigenvalue weighted by Gasteiger charge is -2.15. The molecule has 0 amide bonds. The van der Waals surface area contributed by atoms with Crippen molar-refractivity contribution in [2.75, 3.05) is 0 Å². The standard InChI is InChI=1S/C13H10F3NO/c14-13(15,16)12-8-11(18)6-7-17(12)9-10-4-2-1-3-5-10/h1-8H,9H2. The van der Waals surface area contributed by atoms with Gasteiger partial charge in [-0.1, -0.05) is 30.3 Å². The number of hydrogen-bond acceptors (Lipinski definition) is 1. The zero-order valence-electron chi connectivity index (χ0n) is 9.32. The molecule has 0 fully saturated rings. The third-order valence-corrected chi connectivity index (χ3v) is 2.49. The molecular weight excluding hydrogens is 243 g/mol. The molecule has 0 spiro atoms. The van der Waals surface area contributed by atoms with Gasteiger partial charge in [0.25, 0.3) is 0 Å². The predicted octanol–water partition coefficient (Wildman–Crippen LogP) is 2.92. The number of hydrogen-bond donors (Lipinski definition) is 0. The molecule has 0 aliphatic carbocycles. The van der Waals surface area contributed by atoms with Crippen LogP contribution in [0.4, 0.5) is 13.2 Å². The minimum absolute atomic E-state index is 0.0793. The van der Waals surface area contributed by atoms with E-state index in [2.05, 4.69) is 0 Å². The summed E-state index contributed by atoms with van der Waals surface area (Å²) < 4.78 is 39.3. The third-order valence-electron chi connectivity index (χ3n) is 2.49. The number of pyridine rings is 1. The number of alkyl halides is 3. The summed E-state index contributed by atoms with van der Waals surface area (Å²) in [6.07, 6.45) is -3.37. The lowest BCUT2D eigenvalue weighted by molar-refractivity contribution is -0.143. The predicted molar refractivity (Wildman–Crippen MR) is 61.2 cm³/mol. The van der Waals surface area contributed by atoms with Crippen LogP contribution in [0, 0.1) is 0 Å². The van der Waals surface area contributed by atoms with Gasteiger partial charge in [0.1, 0.15) is 5.69 Å². The zero-order valence-corrected chi connectivity index (χ0v) is 9.32. The molecule has 5 heteroatoms. The van der Waals surface area contributed by atoms with Gasteiger partial charge >= 0.3 is 6.18 Å². The molecule has 0 radical (unpaired) electrons. The Morgan fingerprint density at radius 2 is 1.72 bits per heavy atom. The van der Waals surface area contributed by atoms with Crippen molar-refractivity contribution in [2.45, 2.75) is 12.7 Å². The van der Waals surface area contributed by atoms with Gasteiger partial charge in [0.15, 0.2) is 5.43 Å². The largest absolute Gasteiger partial charge is 0.431 e. The summed E-state index contributed by atoms with van der Waals surface area (Å²) in [7, 11) is 0. The van der Waals surface area contributed by atoms with E-state index in [1.165, 1.54) is 0 Å². The van der Waals surface area contributed by atoms with Crippen molar-refractivity contribution in [2.24, 2.45) is 0 Å². The highest BCUT2D eigenvalue weighted by Crippen LogP contribution is 2.28. The molecule has 94 valence electrons. The first-order valence-corrected chi connectivity index (χ1v) is 5.28. The van der Waals surface area contributed by atoms with E-state index < -0.39 is 17.3 Å². The maximum Gasteiger partial charge on any atom is 0.431 e. The fourth-order valence-electron chi connectivity index (χ4n) is 1.67. The Bertz CT molecular complexity index is 587. The Morgan fingerprint density at radius 1 is 1.06 bits per heavy atom. The van der Waals surface area contributed by atoms with Crippen LogP contribution in [0.1, 0.15) is 11.3 Å². The topological polar surface area (TPSA) is 22.0 Å². The number of benzene rings is 1. The molecule has 0 saturated carbocycles. The first-order valence-electron chi connectivity index (χ1n) is 5.28. The van der Waals surface area contributed by atoms with Crippen LogP contribution in [0.25, 0.3) is 0 Å². The second-order valence-corrected chi connectivity index (χ2v) is 3.86. The smallest absolute Gasteiger partial charge is 0.339 e. The van der Waals surface area contributed by atoms with Crippen LogP contribution >= 0.6 is 0 Å². The van der Waals surface area contributed by atoms with E-state index in [1.807, 2.05) is 0 Å². The highest BCUT2D eigenvalue weighted by molar-refractivity contribution is 5.18. The van der Waals surface area contributed by atoms with Gasteiger partial charge in [-0.05, 0) is 5.56 Å². The molecule has 1 heterocycles. The zero-order chi connectivity index (χ0) is 13.2. The third kappa shape index (κ3) is 2.80. The van der Waals surface area contributed by atoms with Crippen molar-refractivity contribution in [1.82, 2.24) is 4.57 Å². The summed E-state index contributed by atoms with van der Waals surface area (Å²) >= 11 is 0. The Balaban J connectivity index is 2.42. The normalized spacial score (nSPS) is 11.5. The van der Waals surface area contributed by atoms with E-state index in [1.54, 1.807) is 30.3 Å². The molecule has 0 atom stereocenters. The van der Waals surface area contributed by atoms with Crippen LogP contribution in [0.2, 0.25) is 0 Å². The van der Waals surface area contributed by atoms with E-state index in [0.29, 0.717) is 6.07 Å². The Morgan fingerprint density at radius 3 is 2.33 bits per heavy atom. The molecular formula is C13H10F3NO. The van der Waals surface area contributed by atoms with Crippen LogP contribution in [0.5, 0.6) is 0 Å². The molecule has 1 aromatic carbocycles. The Kier molecular flexibility index (Phi) is 3.23. The number of aromatic nitrogens is 1. The second-order valence-electron chi connectivity index (χ2n) is 3.86. The average molecular weight is 253 g/mol. The van der Waals surface area contributed by atoms with Crippen molar-refractivity contribution < 1.29 is 13.2 Å². The second kappa shape index (κ2) is 4.68. The van der Waals surface area contributed by atoms with Gasteiger partial charge in [0, 0.05) is 24.9 Å². The van der Waals surface area contributed by atoms with Gasteiger partial charge in [-0.15, -0.1) is 0 Å². The highest BCUT2D eigenvalue weighted by Gasteiger charge is 2.33. The highest BCUT2D eigenvalue weighted by atomic mass is 19.4. The molecule has 18 heavy (non-hydrogen) atoms. The average Bonchev–Trinajstić information content (AvgIpc) is 2.31. The molecule has 0 aliphatic heterocycles. The lowest BCUT2D eigenvalue weighted by atomic mass is 10.2. The van der Waals surface area contributed by atoms with Gasteiger partial charge in [0.05, 0.1) is 0 Å². The number of halogens is 3. The van der Waals surface area contributed by atoms with Crippen LogP contribution in [0.3, 0.4) is 0 Å². The Hall–Kier alpha value is -2.04. The summed E-state index contributed by atoms with van der Waals surface area (Å²) in [5, 5.41) is 0. The van der Waals surface area contributed by atoms with Crippen LogP contribution in [0.15, 0.2) is 53.5 Å². The fourth-order valence-corrected chi connectivity index (χ4v) is 1.67. The fraction of sp³-hybridized carbons (Fsp3) is 0.154. The molecule has 0 bridgehead atoms. The number of rotatable bonds is 2. The van der Waals surface area contributed by atoms with Gasteiger partial charge in [-0.25, -0.2) is 0 Å². The van der Waals surface area contributed by atoms with Crippen molar-refractivity contribution >= 4 is 0 Å². The van der Waals surface area contributed by atoms with Crippen molar-refractivity contribution in [3.8, 4) is 0 Å². The molecule has 2 nitrogen and oxygen atoms in total. The van der Waals surface area contributed by atoms with Crippen molar-refractivity contribution in [1.29, 1.82) is 0 Å². The lowest BCUT2D eigenvalue weighted by Crippen LogP contribution is -2.20.